The number of amides is 1. The Morgan fingerprint density at radius 2 is 1.88 bits per heavy atom. The van der Waals surface area contributed by atoms with Gasteiger partial charge in [-0.05, 0) is 18.1 Å². The number of nitrogen functional groups attached to an aromatic ring is 1. The van der Waals surface area contributed by atoms with Crippen LogP contribution in [0.25, 0.3) is 11.4 Å². The quantitative estimate of drug-likeness (QED) is 0.716. The largest absolute Gasteiger partial charge is 0.382 e. The fraction of sp³-hybridized carbons (Fsp3) is 0.250. The van der Waals surface area contributed by atoms with Gasteiger partial charge in [-0.3, -0.25) is 9.78 Å². The van der Waals surface area contributed by atoms with Gasteiger partial charge in [0.15, 0.2) is 11.5 Å². The fourth-order valence-corrected chi connectivity index (χ4v) is 2.23. The van der Waals surface area contributed by atoms with Crippen molar-refractivity contribution >= 4 is 11.7 Å². The predicted molar refractivity (Wildman–Crippen MR) is 89.0 cm³/mol. The molecule has 0 radical (unpaired) electrons. The molecule has 3 heterocycles. The van der Waals surface area contributed by atoms with Crippen molar-refractivity contribution in [1.29, 1.82) is 0 Å². The maximum absolute atomic E-state index is 12.4. The fourth-order valence-electron chi connectivity index (χ4n) is 2.23. The number of carbonyl (C=O) groups is 1. The Labute approximate surface area is 143 Å². The van der Waals surface area contributed by atoms with Crippen LogP contribution in [-0.2, 0) is 0 Å². The van der Waals surface area contributed by atoms with Gasteiger partial charge in [-0.25, -0.2) is 9.97 Å². The molecule has 1 amide bonds. The molecule has 0 aliphatic heterocycles. The maximum atomic E-state index is 12.4. The topological polar surface area (TPSA) is 133 Å². The molecule has 3 rings (SSSR count). The van der Waals surface area contributed by atoms with Crippen molar-refractivity contribution in [2.24, 2.45) is 5.92 Å². The molecule has 3 N–H and O–H groups in total. The van der Waals surface area contributed by atoms with Crippen LogP contribution < -0.4 is 11.1 Å². The first-order valence-corrected chi connectivity index (χ1v) is 7.67. The number of nitrogens with two attached hydrogens (primary N) is 1. The van der Waals surface area contributed by atoms with E-state index < -0.39 is 11.9 Å². The average molecular weight is 339 g/mol. The third kappa shape index (κ3) is 3.60. The van der Waals surface area contributed by atoms with E-state index in [0.717, 1.165) is 5.56 Å². The summed E-state index contributed by atoms with van der Waals surface area (Å²) in [5.41, 5.74) is 6.53. The van der Waals surface area contributed by atoms with Crippen LogP contribution in [0.2, 0.25) is 0 Å². The smallest absolute Gasteiger partial charge is 0.274 e. The number of hydrogen-bond acceptors (Lipinski definition) is 8. The number of rotatable bonds is 5. The third-order valence-corrected chi connectivity index (χ3v) is 3.54. The molecule has 0 aliphatic rings. The van der Waals surface area contributed by atoms with Crippen molar-refractivity contribution in [2.45, 2.75) is 19.9 Å². The van der Waals surface area contributed by atoms with Crippen LogP contribution in [0.15, 0.2) is 41.4 Å². The lowest BCUT2D eigenvalue weighted by Crippen LogP contribution is -2.33. The molecule has 0 saturated heterocycles. The first kappa shape index (κ1) is 16.5. The van der Waals surface area contributed by atoms with Crippen LogP contribution in [0.3, 0.4) is 0 Å². The number of nitrogens with zero attached hydrogens (tertiary/aromatic N) is 5. The Balaban J connectivity index is 1.84. The average Bonchev–Trinajstić information content (AvgIpc) is 3.10. The summed E-state index contributed by atoms with van der Waals surface area (Å²) in [6.45, 7) is 3.86. The van der Waals surface area contributed by atoms with E-state index in [1.165, 1.54) is 12.4 Å². The van der Waals surface area contributed by atoms with Crippen LogP contribution in [0.1, 0.15) is 36.3 Å². The summed E-state index contributed by atoms with van der Waals surface area (Å²) in [5, 5.41) is 6.79. The molecule has 3 aromatic heterocycles. The van der Waals surface area contributed by atoms with E-state index in [0.29, 0.717) is 11.7 Å². The first-order valence-electron chi connectivity index (χ1n) is 7.67. The molecule has 25 heavy (non-hydrogen) atoms. The zero-order valence-corrected chi connectivity index (χ0v) is 13.7. The normalized spacial score (nSPS) is 12.1. The lowest BCUT2D eigenvalue weighted by Gasteiger charge is -2.18. The number of nitrogens with one attached hydrogen (secondary N) is 1. The van der Waals surface area contributed by atoms with Crippen molar-refractivity contribution in [3.8, 4) is 11.4 Å². The second-order valence-electron chi connectivity index (χ2n) is 5.68. The van der Waals surface area contributed by atoms with Crippen LogP contribution in [0.4, 0.5) is 5.82 Å². The van der Waals surface area contributed by atoms with Gasteiger partial charge in [0.2, 0.25) is 11.7 Å². The Kier molecular flexibility index (Phi) is 4.64. The molecule has 9 heteroatoms. The molecule has 0 spiro atoms. The van der Waals surface area contributed by atoms with Crippen molar-refractivity contribution < 1.29 is 9.32 Å². The molecule has 3 aromatic rings. The van der Waals surface area contributed by atoms with E-state index in [1.807, 2.05) is 13.8 Å². The minimum Gasteiger partial charge on any atom is -0.382 e. The molecule has 0 aliphatic carbocycles. The summed E-state index contributed by atoms with van der Waals surface area (Å²) in [4.78, 5) is 28.6. The molecule has 9 nitrogen and oxygen atoms in total. The minimum atomic E-state index is -0.489. The summed E-state index contributed by atoms with van der Waals surface area (Å²) >= 11 is 0. The molecule has 0 bridgehead atoms. The van der Waals surface area contributed by atoms with Crippen LogP contribution >= 0.6 is 0 Å². The van der Waals surface area contributed by atoms with Crippen LogP contribution in [-0.4, -0.2) is 31.0 Å². The van der Waals surface area contributed by atoms with Gasteiger partial charge in [-0.1, -0.05) is 19.0 Å². The summed E-state index contributed by atoms with van der Waals surface area (Å²) in [6, 6.07) is 3.06. The summed E-state index contributed by atoms with van der Waals surface area (Å²) < 4.78 is 5.35. The number of aromatic nitrogens is 5. The number of anilines is 1. The maximum Gasteiger partial charge on any atom is 0.274 e. The van der Waals surface area contributed by atoms with E-state index in [2.05, 4.69) is 30.4 Å². The Bertz CT molecular complexity index is 864. The SMILES string of the molecule is CC(C)C(NC(=O)c1nccnc1N)c1nc(-c2ccncc2)no1. The molecule has 0 fully saturated rings. The first-order chi connectivity index (χ1) is 12.1. The van der Waals surface area contributed by atoms with Crippen LogP contribution in [0, 0.1) is 5.92 Å². The summed E-state index contributed by atoms with van der Waals surface area (Å²) in [5.74, 6) is 0.347. The Morgan fingerprint density at radius 3 is 2.56 bits per heavy atom. The zero-order chi connectivity index (χ0) is 17.8. The monoisotopic (exact) mass is 339 g/mol. The number of pyridine rings is 1. The van der Waals surface area contributed by atoms with E-state index >= 15 is 0 Å². The van der Waals surface area contributed by atoms with Gasteiger partial charge in [0.25, 0.3) is 5.91 Å². The minimum absolute atomic E-state index is 0.00702. The van der Waals surface area contributed by atoms with Gasteiger partial charge in [-0.2, -0.15) is 4.98 Å². The van der Waals surface area contributed by atoms with E-state index in [4.69, 9.17) is 10.3 Å². The Hall–Kier alpha value is -3.36. The highest BCUT2D eigenvalue weighted by Gasteiger charge is 2.26. The van der Waals surface area contributed by atoms with Gasteiger partial charge in [0, 0.05) is 30.4 Å². The second kappa shape index (κ2) is 7.04. The van der Waals surface area contributed by atoms with E-state index in [9.17, 15) is 4.79 Å². The zero-order valence-electron chi connectivity index (χ0n) is 13.7. The van der Waals surface area contributed by atoms with Gasteiger partial charge in [0.05, 0.1) is 0 Å². The lowest BCUT2D eigenvalue weighted by molar-refractivity contribution is 0.0909. The van der Waals surface area contributed by atoms with Gasteiger partial charge in [0.1, 0.15) is 6.04 Å². The van der Waals surface area contributed by atoms with E-state index in [-0.39, 0.29) is 17.4 Å². The molecule has 1 atom stereocenters. The van der Waals surface area contributed by atoms with Crippen molar-refractivity contribution in [1.82, 2.24) is 30.4 Å². The van der Waals surface area contributed by atoms with Crippen molar-refractivity contribution in [3.05, 3.63) is 48.5 Å². The van der Waals surface area contributed by atoms with Gasteiger partial charge < -0.3 is 15.6 Å². The highest BCUT2D eigenvalue weighted by atomic mass is 16.5. The molecular formula is C16H17N7O2. The molecule has 128 valence electrons. The summed E-state index contributed by atoms with van der Waals surface area (Å²) in [7, 11) is 0. The van der Waals surface area contributed by atoms with Gasteiger partial charge in [-0.15, -0.1) is 0 Å². The van der Waals surface area contributed by atoms with Crippen LogP contribution in [0.5, 0.6) is 0 Å². The highest BCUT2D eigenvalue weighted by Crippen LogP contribution is 2.23. The third-order valence-electron chi connectivity index (χ3n) is 3.54. The number of carbonyl (C=O) groups excluding carboxylic acids is 1. The second-order valence-corrected chi connectivity index (χ2v) is 5.68. The van der Waals surface area contributed by atoms with Crippen molar-refractivity contribution in [3.63, 3.8) is 0 Å². The molecular weight excluding hydrogens is 322 g/mol. The standard InChI is InChI=1S/C16H17N7O2/c1-9(2)11(21-15(24)12-13(17)20-8-7-19-12)16-22-14(23-25-16)10-3-5-18-6-4-10/h3-9,11H,1-2H3,(H2,17,20)(H,21,24). The molecule has 1 unspecified atom stereocenters. The predicted octanol–water partition coefficient (Wildman–Crippen LogP) is 1.63. The van der Waals surface area contributed by atoms with Gasteiger partial charge >= 0.3 is 0 Å². The molecule has 0 aromatic carbocycles. The highest BCUT2D eigenvalue weighted by molar-refractivity contribution is 5.96. The Morgan fingerprint density at radius 1 is 1.16 bits per heavy atom. The summed E-state index contributed by atoms with van der Waals surface area (Å²) in [6.07, 6.45) is 6.11. The van der Waals surface area contributed by atoms with E-state index in [1.54, 1.807) is 24.5 Å². The van der Waals surface area contributed by atoms with Crippen molar-refractivity contribution in [2.75, 3.05) is 5.73 Å². The number of hydrogen-bond donors (Lipinski definition) is 2. The lowest BCUT2D eigenvalue weighted by atomic mass is 10.0. The molecule has 0 saturated carbocycles.